The van der Waals surface area contributed by atoms with Crippen LogP contribution >= 0.6 is 11.3 Å². The molecule has 3 heterocycles. The minimum Gasteiger partial charge on any atom is -0.344 e. The Balaban J connectivity index is 1.43. The van der Waals surface area contributed by atoms with Crippen LogP contribution in [0.4, 0.5) is 10.8 Å². The molecule has 8 nitrogen and oxygen atoms in total. The number of pyridine rings is 1. The van der Waals surface area contributed by atoms with E-state index in [0.29, 0.717) is 37.4 Å². The summed E-state index contributed by atoms with van der Waals surface area (Å²) >= 11 is 1.55. The quantitative estimate of drug-likeness (QED) is 0.698. The van der Waals surface area contributed by atoms with Crippen LogP contribution in [0.25, 0.3) is 10.3 Å². The van der Waals surface area contributed by atoms with Gasteiger partial charge in [0, 0.05) is 43.6 Å². The van der Waals surface area contributed by atoms with Gasteiger partial charge in [-0.15, -0.1) is 0 Å². The van der Waals surface area contributed by atoms with Crippen LogP contribution in [0, 0.1) is 0 Å². The molecule has 1 aliphatic heterocycles. The molecular formula is C18H19N5O3S2. The highest BCUT2D eigenvalue weighted by Crippen LogP contribution is 2.28. The van der Waals surface area contributed by atoms with E-state index in [1.54, 1.807) is 46.7 Å². The molecule has 0 aliphatic carbocycles. The van der Waals surface area contributed by atoms with Crippen LogP contribution in [-0.2, 0) is 10.0 Å². The van der Waals surface area contributed by atoms with Crippen molar-refractivity contribution in [1.82, 2.24) is 14.9 Å². The van der Waals surface area contributed by atoms with E-state index in [1.165, 1.54) is 0 Å². The Hall–Kier alpha value is -2.72. The molecule has 1 N–H and O–H groups in total. The molecule has 0 atom stereocenters. The van der Waals surface area contributed by atoms with Gasteiger partial charge in [-0.2, -0.15) is 0 Å². The normalized spacial score (nSPS) is 15.0. The van der Waals surface area contributed by atoms with Crippen molar-refractivity contribution in [1.29, 1.82) is 0 Å². The van der Waals surface area contributed by atoms with E-state index in [9.17, 15) is 13.2 Å². The average Bonchev–Trinajstić information content (AvgIpc) is 3.11. The van der Waals surface area contributed by atoms with Gasteiger partial charge in [0.15, 0.2) is 5.13 Å². The first-order chi connectivity index (χ1) is 13.4. The third-order valence-electron chi connectivity index (χ3n) is 4.41. The Morgan fingerprint density at radius 2 is 1.93 bits per heavy atom. The third kappa shape index (κ3) is 4.07. The van der Waals surface area contributed by atoms with Crippen molar-refractivity contribution in [3.63, 3.8) is 0 Å². The number of thiazole rings is 1. The second-order valence-corrected chi connectivity index (χ2v) is 9.26. The number of hydrogen-bond donors (Lipinski definition) is 1. The zero-order valence-electron chi connectivity index (χ0n) is 15.2. The van der Waals surface area contributed by atoms with Gasteiger partial charge >= 0.3 is 0 Å². The number of aromatic nitrogens is 2. The van der Waals surface area contributed by atoms with Gasteiger partial charge in [-0.3, -0.25) is 9.52 Å². The number of benzene rings is 1. The Morgan fingerprint density at radius 3 is 2.64 bits per heavy atom. The number of hydrogen-bond acceptors (Lipinski definition) is 7. The monoisotopic (exact) mass is 417 g/mol. The number of sulfonamides is 1. The molecule has 1 aliphatic rings. The zero-order chi connectivity index (χ0) is 19.7. The lowest BCUT2D eigenvalue weighted by molar-refractivity contribution is 0.0747. The summed E-state index contributed by atoms with van der Waals surface area (Å²) in [7, 11) is -3.39. The Kier molecular flexibility index (Phi) is 4.90. The Bertz CT molecular complexity index is 1090. The number of rotatable bonds is 4. The summed E-state index contributed by atoms with van der Waals surface area (Å²) in [4.78, 5) is 26.6. The number of nitrogens with one attached hydrogen (secondary N) is 1. The van der Waals surface area contributed by atoms with Crippen molar-refractivity contribution >= 4 is 48.4 Å². The van der Waals surface area contributed by atoms with Crippen molar-refractivity contribution in [3.05, 3.63) is 48.2 Å². The second-order valence-electron chi connectivity index (χ2n) is 6.56. The van der Waals surface area contributed by atoms with Gasteiger partial charge in [0.1, 0.15) is 10.3 Å². The molecule has 146 valence electrons. The van der Waals surface area contributed by atoms with Gasteiger partial charge < -0.3 is 9.80 Å². The summed E-state index contributed by atoms with van der Waals surface area (Å²) < 4.78 is 25.2. The largest absolute Gasteiger partial charge is 0.344 e. The summed E-state index contributed by atoms with van der Waals surface area (Å²) in [6.45, 7) is 2.53. The summed E-state index contributed by atoms with van der Waals surface area (Å²) in [5, 5.41) is 0.917. The maximum absolute atomic E-state index is 12.8. The first-order valence-electron chi connectivity index (χ1n) is 8.73. The van der Waals surface area contributed by atoms with Crippen LogP contribution < -0.4 is 9.62 Å². The van der Waals surface area contributed by atoms with Crippen molar-refractivity contribution in [2.45, 2.75) is 0 Å². The van der Waals surface area contributed by atoms with Gasteiger partial charge in [-0.25, -0.2) is 18.4 Å². The van der Waals surface area contributed by atoms with E-state index >= 15 is 0 Å². The minimum atomic E-state index is -3.39. The molecule has 0 saturated carbocycles. The lowest BCUT2D eigenvalue weighted by Crippen LogP contribution is -2.48. The molecule has 0 unspecified atom stereocenters. The summed E-state index contributed by atoms with van der Waals surface area (Å²) in [6.07, 6.45) is 2.84. The molecule has 1 aromatic carbocycles. The van der Waals surface area contributed by atoms with Gasteiger partial charge in [0.05, 0.1) is 6.26 Å². The molecule has 10 heteroatoms. The number of carbonyl (C=O) groups is 1. The summed E-state index contributed by atoms with van der Waals surface area (Å²) in [6, 6.07) is 10.4. The van der Waals surface area contributed by atoms with Crippen LogP contribution in [0.3, 0.4) is 0 Å². The smallest absolute Gasteiger partial charge is 0.254 e. The lowest BCUT2D eigenvalue weighted by Gasteiger charge is -2.34. The van der Waals surface area contributed by atoms with E-state index < -0.39 is 10.0 Å². The molecule has 0 bridgehead atoms. The Morgan fingerprint density at radius 1 is 1.14 bits per heavy atom. The molecular weight excluding hydrogens is 398 g/mol. The highest BCUT2D eigenvalue weighted by molar-refractivity contribution is 7.92. The average molecular weight is 418 g/mol. The van der Waals surface area contributed by atoms with Crippen molar-refractivity contribution < 1.29 is 13.2 Å². The Labute approximate surface area is 166 Å². The van der Waals surface area contributed by atoms with E-state index in [1.807, 2.05) is 12.1 Å². The molecule has 0 radical (unpaired) electrons. The zero-order valence-corrected chi connectivity index (χ0v) is 16.8. The fourth-order valence-corrected chi connectivity index (χ4v) is 4.62. The van der Waals surface area contributed by atoms with E-state index in [2.05, 4.69) is 19.6 Å². The topological polar surface area (TPSA) is 95.5 Å². The van der Waals surface area contributed by atoms with Crippen LogP contribution in [0.5, 0.6) is 0 Å². The first-order valence-corrected chi connectivity index (χ1v) is 11.4. The number of carbonyl (C=O) groups excluding carboxylic acids is 1. The van der Waals surface area contributed by atoms with Gasteiger partial charge in [-0.05, 0) is 30.3 Å². The van der Waals surface area contributed by atoms with Gasteiger partial charge in [0.25, 0.3) is 5.91 Å². The molecule has 28 heavy (non-hydrogen) atoms. The predicted molar refractivity (Wildman–Crippen MR) is 110 cm³/mol. The molecule has 3 aromatic rings. The summed E-state index contributed by atoms with van der Waals surface area (Å²) in [5.41, 5.74) is 1.73. The number of anilines is 2. The molecule has 1 saturated heterocycles. The summed E-state index contributed by atoms with van der Waals surface area (Å²) in [5.74, 6) is -0.109. The number of fused-ring (bicyclic) bond motifs is 1. The first kappa shape index (κ1) is 18.6. The van der Waals surface area contributed by atoms with E-state index in [0.717, 1.165) is 21.7 Å². The molecule has 2 aromatic heterocycles. The second kappa shape index (κ2) is 7.36. The molecule has 0 spiro atoms. The van der Waals surface area contributed by atoms with Crippen molar-refractivity contribution in [2.75, 3.05) is 42.1 Å². The van der Waals surface area contributed by atoms with E-state index in [4.69, 9.17) is 0 Å². The van der Waals surface area contributed by atoms with Gasteiger partial charge in [0.2, 0.25) is 10.0 Å². The third-order valence-corrected chi connectivity index (χ3v) is 6.05. The van der Waals surface area contributed by atoms with Crippen LogP contribution in [-0.4, -0.2) is 61.6 Å². The molecule has 1 amide bonds. The number of amides is 1. The van der Waals surface area contributed by atoms with Crippen LogP contribution in [0.1, 0.15) is 10.4 Å². The van der Waals surface area contributed by atoms with Crippen molar-refractivity contribution in [3.8, 4) is 0 Å². The SMILES string of the molecule is CS(=O)(=O)Nc1cccc(C(=O)N2CCN(c3nc4cccnc4s3)CC2)c1. The molecule has 1 fully saturated rings. The van der Waals surface area contributed by atoms with Gasteiger partial charge in [-0.1, -0.05) is 17.4 Å². The van der Waals surface area contributed by atoms with Crippen LogP contribution in [0.2, 0.25) is 0 Å². The fourth-order valence-electron chi connectivity index (χ4n) is 3.11. The molecule has 4 rings (SSSR count). The fraction of sp³-hybridized carbons (Fsp3) is 0.278. The maximum Gasteiger partial charge on any atom is 0.254 e. The predicted octanol–water partition coefficient (Wildman–Crippen LogP) is 2.03. The highest BCUT2D eigenvalue weighted by atomic mass is 32.2. The highest BCUT2D eigenvalue weighted by Gasteiger charge is 2.24. The lowest BCUT2D eigenvalue weighted by atomic mass is 10.1. The maximum atomic E-state index is 12.8. The van der Waals surface area contributed by atoms with Crippen LogP contribution in [0.15, 0.2) is 42.6 Å². The number of nitrogens with zero attached hydrogens (tertiary/aromatic N) is 4. The number of piperazine rings is 1. The van der Waals surface area contributed by atoms with Crippen molar-refractivity contribution in [2.24, 2.45) is 0 Å². The standard InChI is InChI=1S/C18H19N5O3S2/c1-28(25,26)21-14-5-2-4-13(12-14)17(24)22-8-10-23(11-9-22)18-20-15-6-3-7-19-16(15)27-18/h2-7,12,21H,8-11H2,1H3. The van der Waals surface area contributed by atoms with E-state index in [-0.39, 0.29) is 5.91 Å². The minimum absolute atomic E-state index is 0.109.